The molecule has 0 heterocycles. The summed E-state index contributed by atoms with van der Waals surface area (Å²) in [5.74, 6) is -0.707. The molecule has 0 aromatic rings. The Hall–Kier alpha value is -0.570. The van der Waals surface area contributed by atoms with Gasteiger partial charge < -0.3 is 5.11 Å². The number of aliphatic carboxylic acids is 1. The smallest absolute Gasteiger partial charge is 0.303 e. The number of allylic oxidation sites excluding steroid dienone is 4. The topological polar surface area (TPSA) is 37.3 Å². The Bertz CT molecular complexity index is 429. The van der Waals surface area contributed by atoms with E-state index in [1.807, 2.05) is 0 Å². The zero-order valence-electron chi connectivity index (χ0n) is 19.8. The van der Waals surface area contributed by atoms with Crippen molar-refractivity contribution in [2.24, 2.45) is 0 Å². The van der Waals surface area contributed by atoms with Crippen LogP contribution in [-0.4, -0.2) is 11.1 Å². The van der Waals surface area contributed by atoms with E-state index in [4.69, 9.17) is 5.11 Å². The fourth-order valence-electron chi connectivity index (χ4n) is 3.70. The van der Waals surface area contributed by atoms with Crippen LogP contribution in [0.5, 0.6) is 0 Å². The van der Waals surface area contributed by atoms with E-state index in [0.29, 0.717) is 0 Å². The summed E-state index contributed by atoms with van der Waals surface area (Å²) in [6.45, 7) is 2.29. The van der Waals surface area contributed by atoms with Crippen LogP contribution < -0.4 is 0 Å². The van der Waals surface area contributed by atoms with E-state index in [1.165, 1.54) is 107 Å². The van der Waals surface area contributed by atoms with Gasteiger partial charge >= 0.3 is 5.97 Å². The summed E-state index contributed by atoms with van der Waals surface area (Å²) in [6, 6.07) is 0. The Morgan fingerprint density at radius 1 is 0.633 bits per heavy atom. The Kier molecular flexibility index (Phi) is 24.2. The van der Waals surface area contributed by atoms with Gasteiger partial charge in [-0.25, -0.2) is 0 Å². The number of rotatable bonds is 23. The molecule has 176 valence electrons. The molecule has 0 atom stereocenters. The van der Waals surface area contributed by atoms with Gasteiger partial charge in [-0.3, -0.25) is 4.79 Å². The second-order valence-corrected chi connectivity index (χ2v) is 9.70. The van der Waals surface area contributed by atoms with Crippen LogP contribution in [-0.2, 0) is 4.79 Å². The van der Waals surface area contributed by atoms with E-state index in [0.717, 1.165) is 25.7 Å². The van der Waals surface area contributed by atoms with Crippen LogP contribution in [0.3, 0.4) is 0 Å². The van der Waals surface area contributed by atoms with E-state index < -0.39 is 5.97 Å². The first kappa shape index (κ1) is 29.4. The highest BCUT2D eigenvalue weighted by atomic mass is 79.9. The molecule has 1 N–H and O–H groups in total. The molecule has 0 fully saturated rings. The molecule has 0 amide bonds. The van der Waals surface area contributed by atoms with Crippen LogP contribution in [0, 0.1) is 0 Å². The number of unbranched alkanes of at least 4 members (excludes halogenated alkanes) is 16. The average Bonchev–Trinajstić information content (AvgIpc) is 2.72. The molecule has 0 spiro atoms. The lowest BCUT2D eigenvalue weighted by atomic mass is 10.0. The summed E-state index contributed by atoms with van der Waals surface area (Å²) in [5.41, 5.74) is 0. The van der Waals surface area contributed by atoms with Gasteiger partial charge in [0.15, 0.2) is 0 Å². The third-order valence-electron chi connectivity index (χ3n) is 5.65. The van der Waals surface area contributed by atoms with Crippen LogP contribution in [0.25, 0.3) is 0 Å². The molecule has 3 heteroatoms. The number of carboxylic acid groups (broad SMARTS) is 1. The van der Waals surface area contributed by atoms with Crippen LogP contribution in [0.4, 0.5) is 0 Å². The first-order valence-corrected chi connectivity index (χ1v) is 13.7. The molecule has 0 saturated heterocycles. The number of hydrogen-bond donors (Lipinski definition) is 1. The molecular weight excluding hydrogens is 436 g/mol. The van der Waals surface area contributed by atoms with Gasteiger partial charge in [0, 0.05) is 6.42 Å². The molecule has 0 radical (unpaired) electrons. The summed E-state index contributed by atoms with van der Waals surface area (Å²) in [7, 11) is 0. The van der Waals surface area contributed by atoms with Crippen molar-refractivity contribution >= 4 is 21.9 Å². The van der Waals surface area contributed by atoms with Crippen molar-refractivity contribution in [1.82, 2.24) is 0 Å². The molecule has 0 aliphatic carbocycles. The van der Waals surface area contributed by atoms with Gasteiger partial charge in [-0.05, 0) is 43.0 Å². The highest BCUT2D eigenvalue weighted by molar-refractivity contribution is 9.11. The quantitative estimate of drug-likeness (QED) is 0.115. The van der Waals surface area contributed by atoms with Gasteiger partial charge in [-0.15, -0.1) is 0 Å². The van der Waals surface area contributed by atoms with Gasteiger partial charge in [0.25, 0.3) is 0 Å². The third kappa shape index (κ3) is 25.5. The minimum absolute atomic E-state index is 0.260. The molecule has 0 aromatic heterocycles. The van der Waals surface area contributed by atoms with E-state index >= 15 is 0 Å². The summed E-state index contributed by atoms with van der Waals surface area (Å²) in [4.78, 5) is 10.5. The Balaban J connectivity index is 3.25. The average molecular weight is 486 g/mol. The number of carboxylic acids is 1. The maximum atomic E-state index is 10.5. The lowest BCUT2D eigenvalue weighted by Gasteiger charge is -2.03. The molecule has 30 heavy (non-hydrogen) atoms. The third-order valence-corrected chi connectivity index (χ3v) is 6.37. The van der Waals surface area contributed by atoms with Crippen molar-refractivity contribution in [2.75, 3.05) is 0 Å². The highest BCUT2D eigenvalue weighted by Gasteiger charge is 1.96. The predicted molar refractivity (Wildman–Crippen MR) is 136 cm³/mol. The fourth-order valence-corrected chi connectivity index (χ4v) is 4.16. The maximum absolute atomic E-state index is 10.5. The van der Waals surface area contributed by atoms with Gasteiger partial charge in [0.05, 0.1) is 0 Å². The number of carbonyl (C=O) groups is 1. The van der Waals surface area contributed by atoms with Crippen LogP contribution in [0.1, 0.15) is 142 Å². The lowest BCUT2D eigenvalue weighted by Crippen LogP contribution is -1.92. The summed E-state index contributed by atoms with van der Waals surface area (Å²) < 4.78 is 1.20. The molecular formula is C27H49BrO2. The van der Waals surface area contributed by atoms with E-state index in [9.17, 15) is 4.79 Å². The lowest BCUT2D eigenvalue weighted by molar-refractivity contribution is -0.137. The molecule has 0 rings (SSSR count). The van der Waals surface area contributed by atoms with E-state index in [1.54, 1.807) is 0 Å². The predicted octanol–water partition coefficient (Wildman–Crippen LogP) is 10.1. The molecule has 0 bridgehead atoms. The van der Waals surface area contributed by atoms with E-state index in [-0.39, 0.29) is 6.42 Å². The zero-order valence-corrected chi connectivity index (χ0v) is 21.4. The SMILES string of the molecule is CCCCCCCCCCCCCCCCC/C=C\CC/C(Br)=C\CCCC(=O)O. The Labute approximate surface area is 196 Å². The van der Waals surface area contributed by atoms with Gasteiger partial charge in [0.1, 0.15) is 0 Å². The summed E-state index contributed by atoms with van der Waals surface area (Å²) in [5, 5.41) is 8.62. The minimum atomic E-state index is -0.707. The van der Waals surface area contributed by atoms with Gasteiger partial charge in [-0.2, -0.15) is 0 Å². The van der Waals surface area contributed by atoms with Crippen molar-refractivity contribution in [3.63, 3.8) is 0 Å². The highest BCUT2D eigenvalue weighted by Crippen LogP contribution is 2.16. The van der Waals surface area contributed by atoms with Crippen LogP contribution in [0.2, 0.25) is 0 Å². The standard InChI is InChI=1S/C27H49BrO2/c1-2-3-4-5-6-7-8-9-10-11-12-13-14-15-16-17-18-19-20-23-26(28)24-21-22-25-27(29)30/h18-19,24H,2-17,20-23,25H2,1H3,(H,29,30)/b19-18-,26-24+. The maximum Gasteiger partial charge on any atom is 0.303 e. The Morgan fingerprint density at radius 2 is 1.10 bits per heavy atom. The zero-order chi connectivity index (χ0) is 22.1. The van der Waals surface area contributed by atoms with Crippen molar-refractivity contribution in [2.45, 2.75) is 142 Å². The number of halogens is 1. The molecule has 0 aliphatic heterocycles. The second-order valence-electron chi connectivity index (χ2n) is 8.69. The normalized spacial score (nSPS) is 12.1. The fraction of sp³-hybridized carbons (Fsp3) is 0.815. The molecule has 0 unspecified atom stereocenters. The summed E-state index contributed by atoms with van der Waals surface area (Å²) >= 11 is 3.58. The minimum Gasteiger partial charge on any atom is -0.481 e. The molecule has 2 nitrogen and oxygen atoms in total. The molecule has 0 aromatic carbocycles. The number of hydrogen-bond acceptors (Lipinski definition) is 1. The van der Waals surface area contributed by atoms with Crippen molar-refractivity contribution in [1.29, 1.82) is 0 Å². The van der Waals surface area contributed by atoms with Crippen molar-refractivity contribution < 1.29 is 9.90 Å². The van der Waals surface area contributed by atoms with Crippen molar-refractivity contribution in [3.05, 3.63) is 22.7 Å². The molecule has 0 aliphatic rings. The Morgan fingerprint density at radius 3 is 1.60 bits per heavy atom. The van der Waals surface area contributed by atoms with Crippen LogP contribution >= 0.6 is 15.9 Å². The molecule has 0 saturated carbocycles. The first-order chi connectivity index (χ1) is 14.7. The van der Waals surface area contributed by atoms with Crippen molar-refractivity contribution in [3.8, 4) is 0 Å². The van der Waals surface area contributed by atoms with Gasteiger partial charge in [-0.1, -0.05) is 131 Å². The van der Waals surface area contributed by atoms with Gasteiger partial charge in [0.2, 0.25) is 0 Å². The summed E-state index contributed by atoms with van der Waals surface area (Å²) in [6.07, 6.45) is 33.1. The monoisotopic (exact) mass is 484 g/mol. The van der Waals surface area contributed by atoms with E-state index in [2.05, 4.69) is 41.1 Å². The first-order valence-electron chi connectivity index (χ1n) is 12.9. The largest absolute Gasteiger partial charge is 0.481 e. The second kappa shape index (κ2) is 24.7. The van der Waals surface area contributed by atoms with Crippen LogP contribution in [0.15, 0.2) is 22.7 Å².